The van der Waals surface area contributed by atoms with Crippen molar-refractivity contribution in [1.82, 2.24) is 0 Å². The lowest BCUT2D eigenvalue weighted by Crippen LogP contribution is -2.19. The second-order valence-electron chi connectivity index (χ2n) is 6.81. The number of nitrogens with one attached hydrogen (secondary N) is 1. The number of amides is 1. The van der Waals surface area contributed by atoms with Crippen molar-refractivity contribution in [2.75, 3.05) is 11.1 Å². The number of hydrogen-bond donors (Lipinski definition) is 2. The molecule has 20 heavy (non-hydrogen) atoms. The van der Waals surface area contributed by atoms with Crippen LogP contribution in [0.1, 0.15) is 46.1 Å². The van der Waals surface area contributed by atoms with Crippen LogP contribution >= 0.6 is 15.9 Å². The zero-order chi connectivity index (χ0) is 15.5. The van der Waals surface area contributed by atoms with E-state index in [0.29, 0.717) is 18.0 Å². The molecule has 0 aliphatic rings. The van der Waals surface area contributed by atoms with Gasteiger partial charge in [-0.2, -0.15) is 0 Å². The lowest BCUT2D eigenvalue weighted by Gasteiger charge is -2.23. The highest BCUT2D eigenvalue weighted by Crippen LogP contribution is 2.29. The molecular formula is C16H25BrN2O. The maximum atomic E-state index is 12.1. The molecule has 1 rings (SSSR count). The molecule has 1 aromatic rings. The van der Waals surface area contributed by atoms with Crippen molar-refractivity contribution in [2.45, 2.75) is 47.5 Å². The van der Waals surface area contributed by atoms with E-state index in [0.717, 1.165) is 22.1 Å². The molecule has 1 amide bonds. The van der Waals surface area contributed by atoms with E-state index in [1.807, 2.05) is 13.0 Å². The van der Waals surface area contributed by atoms with Crippen molar-refractivity contribution in [3.8, 4) is 0 Å². The van der Waals surface area contributed by atoms with Crippen molar-refractivity contribution in [1.29, 1.82) is 0 Å². The first-order chi connectivity index (χ1) is 9.08. The summed E-state index contributed by atoms with van der Waals surface area (Å²) in [5.74, 6) is 0.391. The first-order valence-electron chi connectivity index (χ1n) is 6.94. The van der Waals surface area contributed by atoms with Gasteiger partial charge in [-0.1, -0.05) is 27.7 Å². The molecule has 0 spiro atoms. The van der Waals surface area contributed by atoms with Gasteiger partial charge in [0.2, 0.25) is 5.91 Å². The van der Waals surface area contributed by atoms with Crippen LogP contribution in [0.25, 0.3) is 0 Å². The second kappa shape index (κ2) is 6.61. The van der Waals surface area contributed by atoms with E-state index in [1.165, 1.54) is 0 Å². The molecule has 0 fully saturated rings. The lowest BCUT2D eigenvalue weighted by molar-refractivity contribution is -0.117. The van der Waals surface area contributed by atoms with Crippen molar-refractivity contribution >= 4 is 33.2 Å². The summed E-state index contributed by atoms with van der Waals surface area (Å²) >= 11 is 3.45. The highest BCUT2D eigenvalue weighted by molar-refractivity contribution is 9.10. The third-order valence-corrected chi connectivity index (χ3v) is 3.78. The van der Waals surface area contributed by atoms with Gasteiger partial charge in [0.25, 0.3) is 0 Å². The summed E-state index contributed by atoms with van der Waals surface area (Å²) in [6.45, 7) is 10.6. The largest absolute Gasteiger partial charge is 0.398 e. The Bertz CT molecular complexity index is 492. The van der Waals surface area contributed by atoms with Crippen LogP contribution in [0.4, 0.5) is 11.4 Å². The molecule has 0 radical (unpaired) electrons. The standard InChI is InChI=1S/C16H25BrN2O/c1-10(9-16(3,4)5)6-15(20)19-14-8-13(18)11(2)7-12(14)17/h7-8,10H,6,9,18H2,1-5H3,(H,19,20). The second-order valence-corrected chi connectivity index (χ2v) is 7.67. The number of anilines is 2. The normalized spacial score (nSPS) is 13.1. The molecule has 0 saturated heterocycles. The minimum Gasteiger partial charge on any atom is -0.398 e. The van der Waals surface area contributed by atoms with E-state index >= 15 is 0 Å². The molecule has 3 N–H and O–H groups in total. The third-order valence-electron chi connectivity index (χ3n) is 3.12. The molecule has 1 unspecified atom stereocenters. The Morgan fingerprint density at radius 2 is 2.00 bits per heavy atom. The van der Waals surface area contributed by atoms with Gasteiger partial charge in [-0.3, -0.25) is 4.79 Å². The predicted molar refractivity (Wildman–Crippen MR) is 89.8 cm³/mol. The monoisotopic (exact) mass is 340 g/mol. The summed E-state index contributed by atoms with van der Waals surface area (Å²) in [6.07, 6.45) is 1.55. The van der Waals surface area contributed by atoms with E-state index in [4.69, 9.17) is 5.73 Å². The van der Waals surface area contributed by atoms with E-state index in [1.54, 1.807) is 6.07 Å². The maximum Gasteiger partial charge on any atom is 0.224 e. The Hall–Kier alpha value is -1.03. The van der Waals surface area contributed by atoms with Crippen LogP contribution in [0.15, 0.2) is 16.6 Å². The Morgan fingerprint density at radius 3 is 2.55 bits per heavy atom. The van der Waals surface area contributed by atoms with Crippen LogP contribution < -0.4 is 11.1 Å². The van der Waals surface area contributed by atoms with Gasteiger partial charge < -0.3 is 11.1 Å². The molecule has 0 aliphatic carbocycles. The Labute approximate surface area is 130 Å². The van der Waals surface area contributed by atoms with Crippen LogP contribution in [0.3, 0.4) is 0 Å². The number of nitrogens with two attached hydrogens (primary N) is 1. The van der Waals surface area contributed by atoms with Crippen molar-refractivity contribution in [2.24, 2.45) is 11.3 Å². The number of rotatable bonds is 4. The molecule has 0 bridgehead atoms. The van der Waals surface area contributed by atoms with Crippen LogP contribution in [0, 0.1) is 18.3 Å². The fourth-order valence-electron chi connectivity index (χ4n) is 2.42. The number of hydrogen-bond acceptors (Lipinski definition) is 2. The van der Waals surface area contributed by atoms with Crippen LogP contribution in [-0.4, -0.2) is 5.91 Å². The molecule has 1 atom stereocenters. The summed E-state index contributed by atoms with van der Waals surface area (Å²) in [7, 11) is 0. The minimum absolute atomic E-state index is 0.0331. The number of halogens is 1. The number of aryl methyl sites for hydroxylation is 1. The van der Waals surface area contributed by atoms with E-state index < -0.39 is 0 Å². The van der Waals surface area contributed by atoms with Gasteiger partial charge in [0.1, 0.15) is 0 Å². The van der Waals surface area contributed by atoms with Crippen LogP contribution in [0.2, 0.25) is 0 Å². The summed E-state index contributed by atoms with van der Waals surface area (Å²) in [5, 5.41) is 2.93. The van der Waals surface area contributed by atoms with E-state index in [-0.39, 0.29) is 11.3 Å². The van der Waals surface area contributed by atoms with Gasteiger partial charge in [0, 0.05) is 16.6 Å². The summed E-state index contributed by atoms with van der Waals surface area (Å²) in [4.78, 5) is 12.1. The molecule has 0 saturated carbocycles. The topological polar surface area (TPSA) is 55.1 Å². The average molecular weight is 341 g/mol. The van der Waals surface area contributed by atoms with Gasteiger partial charge >= 0.3 is 0 Å². The van der Waals surface area contributed by atoms with Crippen molar-refractivity contribution in [3.05, 3.63) is 22.2 Å². The quantitative estimate of drug-likeness (QED) is 0.777. The van der Waals surface area contributed by atoms with Crippen molar-refractivity contribution < 1.29 is 4.79 Å². The average Bonchev–Trinajstić information content (AvgIpc) is 2.22. The maximum absolute atomic E-state index is 12.1. The molecule has 0 aliphatic heterocycles. The molecular weight excluding hydrogens is 316 g/mol. The van der Waals surface area contributed by atoms with Crippen LogP contribution in [0.5, 0.6) is 0 Å². The van der Waals surface area contributed by atoms with Crippen molar-refractivity contribution in [3.63, 3.8) is 0 Å². The Morgan fingerprint density at radius 1 is 1.40 bits per heavy atom. The lowest BCUT2D eigenvalue weighted by atomic mass is 9.84. The third kappa shape index (κ3) is 5.53. The number of benzene rings is 1. The minimum atomic E-state index is 0.0331. The molecule has 0 heterocycles. The summed E-state index contributed by atoms with van der Waals surface area (Å²) in [6, 6.07) is 3.72. The first-order valence-corrected chi connectivity index (χ1v) is 7.73. The van der Waals surface area contributed by atoms with Gasteiger partial charge in [0.05, 0.1) is 5.69 Å². The Kier molecular flexibility index (Phi) is 5.63. The van der Waals surface area contributed by atoms with Gasteiger partial charge in [-0.15, -0.1) is 0 Å². The highest BCUT2D eigenvalue weighted by atomic mass is 79.9. The summed E-state index contributed by atoms with van der Waals surface area (Å²) < 4.78 is 0.862. The number of carbonyl (C=O) groups is 1. The molecule has 0 aromatic heterocycles. The number of carbonyl (C=O) groups excluding carboxylic acids is 1. The van der Waals surface area contributed by atoms with Gasteiger partial charge in [-0.05, 0) is 58.3 Å². The Balaban J connectivity index is 2.65. The zero-order valence-corrected chi connectivity index (χ0v) is 14.6. The zero-order valence-electron chi connectivity index (χ0n) is 13.0. The molecule has 3 nitrogen and oxygen atoms in total. The fraction of sp³-hybridized carbons (Fsp3) is 0.562. The van der Waals surface area contributed by atoms with Gasteiger partial charge in [0.15, 0.2) is 0 Å². The summed E-state index contributed by atoms with van der Waals surface area (Å²) in [5.41, 5.74) is 8.54. The first kappa shape index (κ1) is 17.0. The molecule has 112 valence electrons. The fourth-order valence-corrected chi connectivity index (χ4v) is 2.98. The van der Waals surface area contributed by atoms with E-state index in [2.05, 4.69) is 48.9 Å². The van der Waals surface area contributed by atoms with Gasteiger partial charge in [-0.25, -0.2) is 0 Å². The van der Waals surface area contributed by atoms with E-state index in [9.17, 15) is 4.79 Å². The molecule has 4 heteroatoms. The van der Waals surface area contributed by atoms with Crippen LogP contribution in [-0.2, 0) is 4.79 Å². The SMILES string of the molecule is Cc1cc(Br)c(NC(=O)CC(C)CC(C)(C)C)cc1N. The molecule has 1 aromatic carbocycles. The number of nitrogen functional groups attached to an aromatic ring is 1. The smallest absolute Gasteiger partial charge is 0.224 e. The predicted octanol–water partition coefficient (Wildman–Crippen LogP) is 4.74. The highest BCUT2D eigenvalue weighted by Gasteiger charge is 2.18.